The molecule has 5 heteroatoms. The molecule has 0 atom stereocenters. The van der Waals surface area contributed by atoms with Gasteiger partial charge in [-0.1, -0.05) is 51.9 Å². The van der Waals surface area contributed by atoms with E-state index in [9.17, 15) is 4.79 Å². The van der Waals surface area contributed by atoms with Crippen LogP contribution in [0.4, 0.5) is 5.69 Å². The molecule has 0 bridgehead atoms. The molecule has 1 aliphatic heterocycles. The maximum absolute atomic E-state index is 12.2. The van der Waals surface area contributed by atoms with Crippen molar-refractivity contribution in [1.29, 1.82) is 10.5 Å². The number of esters is 1. The Hall–Kier alpha value is -3.31. The minimum atomic E-state index is -0.299. The zero-order chi connectivity index (χ0) is 21.6. The van der Waals surface area contributed by atoms with Crippen molar-refractivity contribution in [2.24, 2.45) is 0 Å². The zero-order valence-electron chi connectivity index (χ0n) is 17.6. The van der Waals surface area contributed by atoms with Crippen molar-refractivity contribution in [3.63, 3.8) is 0 Å². The van der Waals surface area contributed by atoms with Gasteiger partial charge in [-0.25, -0.2) is 4.79 Å². The minimum Gasteiger partial charge on any atom is -0.462 e. The predicted molar refractivity (Wildman–Crippen MR) is 118 cm³/mol. The molecule has 0 fully saturated rings. The number of nitrogens with zero attached hydrogens (tertiary/aromatic N) is 3. The number of carbonyl (C=O) groups is 1. The molecule has 30 heavy (non-hydrogen) atoms. The van der Waals surface area contributed by atoms with Crippen LogP contribution in [0.2, 0.25) is 0 Å². The first kappa shape index (κ1) is 23.0. The highest BCUT2D eigenvalue weighted by Gasteiger charge is 2.10. The Balaban J connectivity index is 1.74. The van der Waals surface area contributed by atoms with Gasteiger partial charge in [0, 0.05) is 23.7 Å². The number of nitriles is 2. The van der Waals surface area contributed by atoms with Crippen LogP contribution in [0, 0.1) is 22.7 Å². The lowest BCUT2D eigenvalue weighted by atomic mass is 10.1. The van der Waals surface area contributed by atoms with Gasteiger partial charge in [-0.3, -0.25) is 0 Å². The van der Waals surface area contributed by atoms with Crippen molar-refractivity contribution in [2.75, 3.05) is 11.5 Å². The molecule has 156 valence electrons. The van der Waals surface area contributed by atoms with E-state index < -0.39 is 0 Å². The molecule has 1 aromatic rings. The summed E-state index contributed by atoms with van der Waals surface area (Å²) in [6, 6.07) is 10.9. The molecule has 0 amide bonds. The van der Waals surface area contributed by atoms with E-state index in [0.717, 1.165) is 18.5 Å². The van der Waals surface area contributed by atoms with E-state index in [1.165, 1.54) is 38.5 Å². The van der Waals surface area contributed by atoms with Crippen LogP contribution in [0.15, 0.2) is 60.0 Å². The van der Waals surface area contributed by atoms with Crippen LogP contribution in [0.1, 0.15) is 68.6 Å². The second-order valence-corrected chi connectivity index (χ2v) is 7.25. The third kappa shape index (κ3) is 7.26. The van der Waals surface area contributed by atoms with Gasteiger partial charge in [-0.2, -0.15) is 10.5 Å². The van der Waals surface area contributed by atoms with Crippen LogP contribution in [0.3, 0.4) is 0 Å². The summed E-state index contributed by atoms with van der Waals surface area (Å²) < 4.78 is 5.38. The predicted octanol–water partition coefficient (Wildman–Crippen LogP) is 6.18. The van der Waals surface area contributed by atoms with Gasteiger partial charge in [0.25, 0.3) is 0 Å². The molecule has 0 unspecified atom stereocenters. The van der Waals surface area contributed by atoms with Crippen LogP contribution in [-0.2, 0) is 4.74 Å². The molecule has 0 saturated carbocycles. The Bertz CT molecular complexity index is 835. The number of ether oxygens (including phenoxy) is 1. The molecule has 0 aliphatic carbocycles. The zero-order valence-corrected chi connectivity index (χ0v) is 17.6. The van der Waals surface area contributed by atoms with E-state index in [0.29, 0.717) is 17.7 Å². The quantitative estimate of drug-likeness (QED) is 0.251. The van der Waals surface area contributed by atoms with Gasteiger partial charge < -0.3 is 9.64 Å². The summed E-state index contributed by atoms with van der Waals surface area (Å²) >= 11 is 0. The monoisotopic (exact) mass is 403 g/mol. The maximum atomic E-state index is 12.2. The standard InChI is InChI=1S/C25H29N3O2/c1-2-3-4-5-6-7-8-9-18-30-25(29)22-10-12-24(13-11-22)28-16-14-21(15-17-28)23(19-26)20-27/h10-17H,2-9,18H2,1H3. The van der Waals surface area contributed by atoms with Crippen molar-refractivity contribution in [1.82, 2.24) is 0 Å². The molecular weight excluding hydrogens is 374 g/mol. The minimum absolute atomic E-state index is 0.0803. The Labute approximate surface area is 179 Å². The molecule has 1 aromatic carbocycles. The SMILES string of the molecule is CCCCCCCCCCOC(=O)c1ccc(N2C=CC(=C(C#N)C#N)C=C2)cc1. The van der Waals surface area contributed by atoms with Crippen molar-refractivity contribution in [3.8, 4) is 12.1 Å². The highest BCUT2D eigenvalue weighted by atomic mass is 16.5. The Morgan fingerprint density at radius 3 is 2.03 bits per heavy atom. The Morgan fingerprint density at radius 1 is 0.900 bits per heavy atom. The summed E-state index contributed by atoms with van der Waals surface area (Å²) in [5.41, 5.74) is 2.06. The highest BCUT2D eigenvalue weighted by molar-refractivity contribution is 5.89. The fourth-order valence-corrected chi connectivity index (χ4v) is 3.17. The molecule has 0 radical (unpaired) electrons. The van der Waals surface area contributed by atoms with Crippen LogP contribution < -0.4 is 4.90 Å². The second kappa shape index (κ2) is 13.0. The van der Waals surface area contributed by atoms with E-state index in [1.807, 2.05) is 29.2 Å². The lowest BCUT2D eigenvalue weighted by Gasteiger charge is -2.19. The normalized spacial score (nSPS) is 12.4. The first-order chi connectivity index (χ1) is 14.7. The summed E-state index contributed by atoms with van der Waals surface area (Å²) in [7, 11) is 0. The highest BCUT2D eigenvalue weighted by Crippen LogP contribution is 2.22. The van der Waals surface area contributed by atoms with E-state index in [2.05, 4.69) is 6.92 Å². The number of benzene rings is 1. The number of hydrogen-bond acceptors (Lipinski definition) is 5. The fourth-order valence-electron chi connectivity index (χ4n) is 3.17. The Kier molecular flexibility index (Phi) is 9.97. The summed E-state index contributed by atoms with van der Waals surface area (Å²) in [5, 5.41) is 17.9. The number of unbranched alkanes of at least 4 members (excludes halogenated alkanes) is 7. The smallest absolute Gasteiger partial charge is 0.338 e. The van der Waals surface area contributed by atoms with E-state index in [-0.39, 0.29) is 11.5 Å². The lowest BCUT2D eigenvalue weighted by molar-refractivity contribution is 0.0497. The van der Waals surface area contributed by atoms with Gasteiger partial charge >= 0.3 is 5.97 Å². The first-order valence-corrected chi connectivity index (χ1v) is 10.7. The average molecular weight is 404 g/mol. The van der Waals surface area contributed by atoms with Gasteiger partial charge in [0.2, 0.25) is 0 Å². The lowest BCUT2D eigenvalue weighted by Crippen LogP contribution is -2.11. The van der Waals surface area contributed by atoms with Gasteiger partial charge in [0.15, 0.2) is 0 Å². The second-order valence-electron chi connectivity index (χ2n) is 7.25. The molecule has 2 rings (SSSR count). The van der Waals surface area contributed by atoms with Crippen molar-refractivity contribution in [3.05, 3.63) is 65.5 Å². The summed E-state index contributed by atoms with van der Waals surface area (Å²) in [5.74, 6) is -0.299. The number of hydrogen-bond donors (Lipinski definition) is 0. The van der Waals surface area contributed by atoms with Gasteiger partial charge in [-0.15, -0.1) is 0 Å². The van der Waals surface area contributed by atoms with Crippen molar-refractivity contribution < 1.29 is 9.53 Å². The van der Waals surface area contributed by atoms with Gasteiger partial charge in [0.05, 0.1) is 12.2 Å². The van der Waals surface area contributed by atoms with Gasteiger partial charge in [0.1, 0.15) is 17.7 Å². The third-order valence-electron chi connectivity index (χ3n) is 4.97. The average Bonchev–Trinajstić information content (AvgIpc) is 2.79. The molecular formula is C25H29N3O2. The van der Waals surface area contributed by atoms with E-state index in [4.69, 9.17) is 15.3 Å². The molecule has 5 nitrogen and oxygen atoms in total. The third-order valence-corrected chi connectivity index (χ3v) is 4.97. The van der Waals surface area contributed by atoms with E-state index in [1.54, 1.807) is 36.7 Å². The number of carbonyl (C=O) groups excluding carboxylic acids is 1. The topological polar surface area (TPSA) is 77.1 Å². The Morgan fingerprint density at radius 2 is 1.47 bits per heavy atom. The molecule has 0 aromatic heterocycles. The maximum Gasteiger partial charge on any atom is 0.338 e. The summed E-state index contributed by atoms with van der Waals surface area (Å²) in [6.07, 6.45) is 16.7. The first-order valence-electron chi connectivity index (χ1n) is 10.7. The molecule has 0 saturated heterocycles. The van der Waals surface area contributed by atoms with Crippen LogP contribution in [-0.4, -0.2) is 12.6 Å². The molecule has 1 aliphatic rings. The summed E-state index contributed by atoms with van der Waals surface area (Å²) in [6.45, 7) is 2.68. The number of rotatable bonds is 11. The van der Waals surface area contributed by atoms with Gasteiger partial charge in [-0.05, 0) is 42.8 Å². The number of allylic oxidation sites excluding steroid dienone is 4. The van der Waals surface area contributed by atoms with E-state index >= 15 is 0 Å². The molecule has 1 heterocycles. The van der Waals surface area contributed by atoms with Crippen LogP contribution in [0.5, 0.6) is 0 Å². The molecule has 0 N–H and O–H groups in total. The van der Waals surface area contributed by atoms with Crippen molar-refractivity contribution in [2.45, 2.75) is 58.3 Å². The number of anilines is 1. The van der Waals surface area contributed by atoms with Crippen LogP contribution in [0.25, 0.3) is 0 Å². The van der Waals surface area contributed by atoms with Crippen LogP contribution >= 0.6 is 0 Å². The largest absolute Gasteiger partial charge is 0.462 e. The molecule has 0 spiro atoms. The summed E-state index contributed by atoms with van der Waals surface area (Å²) in [4.78, 5) is 14.0. The fraction of sp³-hybridized carbons (Fsp3) is 0.400. The van der Waals surface area contributed by atoms with Crippen molar-refractivity contribution >= 4 is 11.7 Å².